The van der Waals surface area contributed by atoms with E-state index in [-0.39, 0.29) is 10.3 Å². The van der Waals surface area contributed by atoms with Crippen LogP contribution in [0.2, 0.25) is 18.1 Å². The summed E-state index contributed by atoms with van der Waals surface area (Å²) in [4.78, 5) is 1.24. The highest BCUT2D eigenvalue weighted by molar-refractivity contribution is 8.00. The first-order valence-corrected chi connectivity index (χ1v) is 14.2. The molecule has 0 heterocycles. The number of benzene rings is 2. The predicted molar refractivity (Wildman–Crippen MR) is 132 cm³/mol. The second kappa shape index (κ2) is 10.4. The number of thioether (sulfide) groups is 1. The lowest BCUT2D eigenvalue weighted by Gasteiger charge is -2.38. The fraction of sp³-hybridized carbons (Fsp3) is 0.385. The largest absolute Gasteiger partial charge is 0.546 e. The molecule has 2 rings (SSSR count). The summed E-state index contributed by atoms with van der Waals surface area (Å²) in [6.07, 6.45) is 6.30. The van der Waals surface area contributed by atoms with Crippen LogP contribution in [-0.4, -0.2) is 13.6 Å². The van der Waals surface area contributed by atoms with Crippen molar-refractivity contribution in [2.75, 3.05) is 0 Å². The average Bonchev–Trinajstić information content (AvgIpc) is 2.66. The molecule has 29 heavy (non-hydrogen) atoms. The van der Waals surface area contributed by atoms with Crippen molar-refractivity contribution in [1.29, 1.82) is 0 Å². The van der Waals surface area contributed by atoms with Gasteiger partial charge in [0.05, 0.1) is 11.0 Å². The Labute approximate surface area is 183 Å². The van der Waals surface area contributed by atoms with E-state index in [1.807, 2.05) is 17.8 Å². The molecule has 0 aromatic heterocycles. The Balaban J connectivity index is 2.24. The van der Waals surface area contributed by atoms with Crippen LogP contribution in [0.5, 0.6) is 0 Å². The Morgan fingerprint density at radius 3 is 2.24 bits per heavy atom. The molecule has 0 aliphatic rings. The summed E-state index contributed by atoms with van der Waals surface area (Å²) in [5.41, 5.74) is 2.64. The molecular weight excluding hydrogens is 388 g/mol. The van der Waals surface area contributed by atoms with Crippen molar-refractivity contribution in [2.24, 2.45) is 0 Å². The van der Waals surface area contributed by atoms with Gasteiger partial charge in [-0.2, -0.15) is 0 Å². The van der Waals surface area contributed by atoms with Gasteiger partial charge in [-0.15, -0.1) is 18.3 Å². The van der Waals surface area contributed by atoms with E-state index in [1.165, 1.54) is 16.0 Å². The molecule has 0 N–H and O–H groups in total. The maximum atomic E-state index is 6.80. The second-order valence-corrected chi connectivity index (χ2v) is 15.0. The Kier molecular flexibility index (Phi) is 8.42. The molecule has 0 saturated carbocycles. The zero-order chi connectivity index (χ0) is 21.5. The SMILES string of the molecule is C=C[C@@H](Sc1ccc(C)cc1)/C(=C/CCc1ccccc1)O[Si](C)(C)C(C)(C)C. The quantitative estimate of drug-likeness (QED) is 0.174. The van der Waals surface area contributed by atoms with E-state index in [0.29, 0.717) is 0 Å². The van der Waals surface area contributed by atoms with Crippen molar-refractivity contribution in [1.82, 2.24) is 0 Å². The first-order valence-electron chi connectivity index (χ1n) is 10.4. The maximum absolute atomic E-state index is 6.80. The van der Waals surface area contributed by atoms with Crippen molar-refractivity contribution in [3.63, 3.8) is 0 Å². The van der Waals surface area contributed by atoms with Gasteiger partial charge in [-0.3, -0.25) is 0 Å². The number of rotatable bonds is 9. The molecule has 2 aromatic carbocycles. The van der Waals surface area contributed by atoms with Crippen molar-refractivity contribution in [3.05, 3.63) is 90.2 Å². The molecule has 1 atom stereocenters. The van der Waals surface area contributed by atoms with Crippen LogP contribution in [0.3, 0.4) is 0 Å². The summed E-state index contributed by atoms with van der Waals surface area (Å²) in [5.74, 6) is 1.06. The van der Waals surface area contributed by atoms with Crippen molar-refractivity contribution < 1.29 is 4.43 Å². The lowest BCUT2D eigenvalue weighted by molar-refractivity contribution is 0.376. The van der Waals surface area contributed by atoms with Gasteiger partial charge in [-0.1, -0.05) is 74.9 Å². The Morgan fingerprint density at radius 1 is 1.07 bits per heavy atom. The highest BCUT2D eigenvalue weighted by atomic mass is 32.2. The molecular formula is C26H36OSSi. The smallest absolute Gasteiger partial charge is 0.250 e. The highest BCUT2D eigenvalue weighted by Crippen LogP contribution is 2.40. The molecule has 0 radical (unpaired) electrons. The third-order valence-electron chi connectivity index (χ3n) is 5.58. The number of hydrogen-bond donors (Lipinski definition) is 0. The van der Waals surface area contributed by atoms with Crippen LogP contribution in [0.25, 0.3) is 0 Å². The lowest BCUT2D eigenvalue weighted by atomic mass is 10.1. The predicted octanol–water partition coefficient (Wildman–Crippen LogP) is 8.18. The summed E-state index contributed by atoms with van der Waals surface area (Å²) in [6.45, 7) is 17.7. The Bertz CT molecular complexity index is 801. The molecule has 156 valence electrons. The zero-order valence-electron chi connectivity index (χ0n) is 18.9. The zero-order valence-corrected chi connectivity index (χ0v) is 20.7. The standard InChI is InChI=1S/C26H36OSSi/c1-8-25(28-23-19-17-21(2)18-20-23)24(27-29(6,7)26(3,4)5)16-12-15-22-13-10-9-11-14-22/h8-11,13-14,16-20,25H,1,12,15H2,2-7H3/b24-16-/t25-/m1/s1. The molecule has 0 spiro atoms. The minimum Gasteiger partial charge on any atom is -0.546 e. The van der Waals surface area contributed by atoms with E-state index >= 15 is 0 Å². The van der Waals surface area contributed by atoms with Gasteiger partial charge in [-0.05, 0) is 61.7 Å². The summed E-state index contributed by atoms with van der Waals surface area (Å²) in [6, 6.07) is 19.3. The van der Waals surface area contributed by atoms with Gasteiger partial charge in [0.25, 0.3) is 0 Å². The summed E-state index contributed by atoms with van der Waals surface area (Å²) in [7, 11) is -1.93. The molecule has 0 bridgehead atoms. The van der Waals surface area contributed by atoms with Gasteiger partial charge in [0.15, 0.2) is 0 Å². The molecule has 0 unspecified atom stereocenters. The van der Waals surface area contributed by atoms with Crippen LogP contribution < -0.4 is 0 Å². The van der Waals surface area contributed by atoms with Crippen LogP contribution >= 0.6 is 11.8 Å². The minimum atomic E-state index is -1.93. The monoisotopic (exact) mass is 424 g/mol. The highest BCUT2D eigenvalue weighted by Gasteiger charge is 2.40. The van der Waals surface area contributed by atoms with E-state index < -0.39 is 8.32 Å². The fourth-order valence-electron chi connectivity index (χ4n) is 2.68. The molecule has 0 saturated heterocycles. The summed E-state index contributed by atoms with van der Waals surface area (Å²) in [5, 5.41) is 0.272. The van der Waals surface area contributed by atoms with Crippen LogP contribution in [0, 0.1) is 6.92 Å². The van der Waals surface area contributed by atoms with Gasteiger partial charge < -0.3 is 4.43 Å². The average molecular weight is 425 g/mol. The van der Waals surface area contributed by atoms with Gasteiger partial charge >= 0.3 is 0 Å². The van der Waals surface area contributed by atoms with Crippen LogP contribution in [-0.2, 0) is 10.8 Å². The third-order valence-corrected chi connectivity index (χ3v) is 11.2. The number of aryl methyl sites for hydroxylation is 2. The van der Waals surface area contributed by atoms with E-state index in [9.17, 15) is 0 Å². The minimum absolute atomic E-state index is 0.114. The summed E-state index contributed by atoms with van der Waals surface area (Å²) >= 11 is 1.81. The second-order valence-electron chi connectivity index (χ2n) is 9.08. The molecule has 0 fully saturated rings. The van der Waals surface area contributed by atoms with E-state index in [1.54, 1.807) is 0 Å². The van der Waals surface area contributed by atoms with Crippen molar-refractivity contribution >= 4 is 20.1 Å². The lowest BCUT2D eigenvalue weighted by Crippen LogP contribution is -2.41. The van der Waals surface area contributed by atoms with Crippen molar-refractivity contribution in [3.8, 4) is 0 Å². The third kappa shape index (κ3) is 7.24. The normalized spacial score (nSPS) is 13.8. The first-order chi connectivity index (χ1) is 13.6. The van der Waals surface area contributed by atoms with Crippen LogP contribution in [0.15, 0.2) is 84.0 Å². The number of allylic oxidation sites excluding steroid dienone is 1. The van der Waals surface area contributed by atoms with Gasteiger partial charge in [0, 0.05) is 4.90 Å². The maximum Gasteiger partial charge on any atom is 0.250 e. The molecule has 0 aliphatic carbocycles. The van der Waals surface area contributed by atoms with Crippen LogP contribution in [0.4, 0.5) is 0 Å². The first kappa shape index (κ1) is 23.6. The number of hydrogen-bond acceptors (Lipinski definition) is 2. The van der Waals surface area contributed by atoms with Crippen molar-refractivity contribution in [2.45, 2.75) is 68.8 Å². The van der Waals surface area contributed by atoms with E-state index in [4.69, 9.17) is 4.43 Å². The summed E-state index contributed by atoms with van der Waals surface area (Å²) < 4.78 is 6.80. The topological polar surface area (TPSA) is 9.23 Å². The Hall–Kier alpha value is -1.71. The van der Waals surface area contributed by atoms with E-state index in [2.05, 4.69) is 108 Å². The molecule has 1 nitrogen and oxygen atoms in total. The molecule has 0 aliphatic heterocycles. The Morgan fingerprint density at radius 2 is 1.69 bits per heavy atom. The fourth-order valence-corrected chi connectivity index (χ4v) is 4.81. The van der Waals surface area contributed by atoms with Crippen LogP contribution in [0.1, 0.15) is 38.3 Å². The molecule has 2 aromatic rings. The van der Waals surface area contributed by atoms with E-state index in [0.717, 1.165) is 18.6 Å². The molecule has 0 amide bonds. The van der Waals surface area contributed by atoms with Gasteiger partial charge in [0.2, 0.25) is 8.32 Å². The van der Waals surface area contributed by atoms with Gasteiger partial charge in [0.1, 0.15) is 0 Å². The molecule has 3 heteroatoms. The van der Waals surface area contributed by atoms with Gasteiger partial charge in [-0.25, -0.2) is 0 Å².